The van der Waals surface area contributed by atoms with Gasteiger partial charge in [-0.25, -0.2) is 0 Å². The van der Waals surface area contributed by atoms with E-state index in [1.54, 1.807) is 0 Å². The Balaban J connectivity index is 2.48. The number of halogens is 1. The van der Waals surface area contributed by atoms with Crippen LogP contribution in [0.15, 0.2) is 30.3 Å². The topological polar surface area (TPSA) is 29.1 Å². The monoisotopic (exact) mass is 239 g/mol. The van der Waals surface area contributed by atoms with Crippen LogP contribution in [-0.4, -0.2) is 17.3 Å². The molecule has 1 N–H and O–H groups in total. The lowest BCUT2D eigenvalue weighted by atomic mass is 10.0. The smallest absolute Gasteiger partial charge is 0.224 e. The van der Waals surface area contributed by atoms with E-state index in [2.05, 4.69) is 5.32 Å². The summed E-state index contributed by atoms with van der Waals surface area (Å²) in [6.45, 7) is 3.97. The number of carbonyl (C=O) groups is 1. The van der Waals surface area contributed by atoms with Gasteiger partial charge in [-0.1, -0.05) is 30.3 Å². The zero-order chi connectivity index (χ0) is 12.0. The fourth-order valence-corrected chi connectivity index (χ4v) is 1.97. The highest BCUT2D eigenvalue weighted by molar-refractivity contribution is 6.17. The first kappa shape index (κ1) is 13.0. The maximum atomic E-state index is 11.7. The Kier molecular flexibility index (Phi) is 4.81. The summed E-state index contributed by atoms with van der Waals surface area (Å²) < 4.78 is 0. The molecule has 0 spiro atoms. The molecule has 0 bridgehead atoms. The fourth-order valence-electron chi connectivity index (χ4n) is 1.50. The van der Waals surface area contributed by atoms with Gasteiger partial charge in [-0.15, -0.1) is 11.6 Å². The third-order valence-corrected chi connectivity index (χ3v) is 2.59. The molecule has 0 aliphatic carbocycles. The molecule has 1 aromatic carbocycles. The van der Waals surface area contributed by atoms with Crippen LogP contribution in [0.5, 0.6) is 0 Å². The Hall–Kier alpha value is -1.02. The van der Waals surface area contributed by atoms with Crippen molar-refractivity contribution in [3.05, 3.63) is 35.9 Å². The molecule has 0 atom stereocenters. The van der Waals surface area contributed by atoms with Gasteiger partial charge in [-0.3, -0.25) is 4.79 Å². The zero-order valence-electron chi connectivity index (χ0n) is 9.79. The summed E-state index contributed by atoms with van der Waals surface area (Å²) in [5.74, 6) is 0.597. The lowest BCUT2D eigenvalue weighted by molar-refractivity contribution is -0.122. The van der Waals surface area contributed by atoms with Gasteiger partial charge in [0.25, 0.3) is 0 Å². The molecule has 2 nitrogen and oxygen atoms in total. The molecular formula is C13H18ClNO. The number of rotatable bonds is 5. The standard InChI is InChI=1S/C13H18ClNO/c1-13(2,8-9-14)15-12(16)10-11-6-4-3-5-7-11/h3-7H,8-10H2,1-2H3,(H,15,16). The first-order valence-corrected chi connectivity index (χ1v) is 5.98. The molecule has 1 amide bonds. The van der Waals surface area contributed by atoms with Crippen molar-refractivity contribution in [1.82, 2.24) is 5.32 Å². The summed E-state index contributed by atoms with van der Waals surface area (Å²) in [5.41, 5.74) is 0.801. The predicted molar refractivity (Wildman–Crippen MR) is 67.7 cm³/mol. The molecule has 88 valence electrons. The number of hydrogen-bond donors (Lipinski definition) is 1. The van der Waals surface area contributed by atoms with E-state index in [9.17, 15) is 4.79 Å². The van der Waals surface area contributed by atoms with Crippen molar-refractivity contribution in [3.8, 4) is 0 Å². The Morgan fingerprint density at radius 3 is 2.50 bits per heavy atom. The highest BCUT2D eigenvalue weighted by Crippen LogP contribution is 2.10. The van der Waals surface area contributed by atoms with Gasteiger partial charge in [0.1, 0.15) is 0 Å². The molecule has 1 rings (SSSR count). The van der Waals surface area contributed by atoms with E-state index < -0.39 is 0 Å². The Morgan fingerprint density at radius 1 is 1.31 bits per heavy atom. The molecule has 0 aromatic heterocycles. The number of benzene rings is 1. The third kappa shape index (κ3) is 4.67. The fraction of sp³-hybridized carbons (Fsp3) is 0.462. The molecule has 0 saturated carbocycles. The van der Waals surface area contributed by atoms with Crippen LogP contribution in [0.2, 0.25) is 0 Å². The van der Waals surface area contributed by atoms with Crippen molar-refractivity contribution >= 4 is 17.5 Å². The van der Waals surface area contributed by atoms with Gasteiger partial charge < -0.3 is 5.32 Å². The van der Waals surface area contributed by atoms with Gasteiger partial charge >= 0.3 is 0 Å². The Labute approximate surface area is 102 Å². The van der Waals surface area contributed by atoms with Crippen molar-refractivity contribution in [2.75, 3.05) is 5.88 Å². The number of carbonyl (C=O) groups excluding carboxylic acids is 1. The van der Waals surface area contributed by atoms with Gasteiger partial charge in [0.05, 0.1) is 6.42 Å². The van der Waals surface area contributed by atoms with Crippen LogP contribution in [0.1, 0.15) is 25.8 Å². The van der Waals surface area contributed by atoms with E-state index >= 15 is 0 Å². The summed E-state index contributed by atoms with van der Waals surface area (Å²) >= 11 is 5.68. The van der Waals surface area contributed by atoms with Crippen LogP contribution in [-0.2, 0) is 11.2 Å². The summed E-state index contributed by atoms with van der Waals surface area (Å²) in [7, 11) is 0. The molecule has 3 heteroatoms. The van der Waals surface area contributed by atoms with E-state index in [0.717, 1.165) is 12.0 Å². The quantitative estimate of drug-likeness (QED) is 0.787. The molecular weight excluding hydrogens is 222 g/mol. The van der Waals surface area contributed by atoms with Crippen LogP contribution in [0.25, 0.3) is 0 Å². The first-order chi connectivity index (χ1) is 7.53. The Morgan fingerprint density at radius 2 is 1.94 bits per heavy atom. The number of amides is 1. The van der Waals surface area contributed by atoms with Crippen molar-refractivity contribution in [3.63, 3.8) is 0 Å². The second-order valence-electron chi connectivity index (χ2n) is 4.53. The van der Waals surface area contributed by atoms with Gasteiger partial charge in [0, 0.05) is 11.4 Å². The minimum absolute atomic E-state index is 0.0429. The van der Waals surface area contributed by atoms with Gasteiger partial charge in [-0.2, -0.15) is 0 Å². The molecule has 0 aliphatic heterocycles. The average molecular weight is 240 g/mol. The minimum atomic E-state index is -0.229. The molecule has 0 aliphatic rings. The molecule has 0 saturated heterocycles. The summed E-state index contributed by atoms with van der Waals surface area (Å²) in [4.78, 5) is 11.7. The number of hydrogen-bond acceptors (Lipinski definition) is 1. The van der Waals surface area contributed by atoms with Crippen LogP contribution in [0.3, 0.4) is 0 Å². The maximum Gasteiger partial charge on any atom is 0.224 e. The molecule has 0 unspecified atom stereocenters. The van der Waals surface area contributed by atoms with E-state index in [1.165, 1.54) is 0 Å². The second-order valence-corrected chi connectivity index (χ2v) is 4.91. The Bertz CT molecular complexity index is 335. The average Bonchev–Trinajstić information content (AvgIpc) is 2.17. The third-order valence-electron chi connectivity index (χ3n) is 2.40. The van der Waals surface area contributed by atoms with E-state index in [-0.39, 0.29) is 11.4 Å². The molecule has 0 heterocycles. The minimum Gasteiger partial charge on any atom is -0.351 e. The van der Waals surface area contributed by atoms with Crippen LogP contribution < -0.4 is 5.32 Å². The predicted octanol–water partition coefficient (Wildman–Crippen LogP) is 2.75. The normalized spacial score (nSPS) is 11.2. The first-order valence-electron chi connectivity index (χ1n) is 5.44. The maximum absolute atomic E-state index is 11.7. The molecule has 16 heavy (non-hydrogen) atoms. The SMILES string of the molecule is CC(C)(CCCl)NC(=O)Cc1ccccc1. The molecule has 0 fully saturated rings. The van der Waals surface area contributed by atoms with Crippen molar-refractivity contribution in [2.24, 2.45) is 0 Å². The lowest BCUT2D eigenvalue weighted by Gasteiger charge is -2.25. The van der Waals surface area contributed by atoms with Crippen molar-refractivity contribution in [2.45, 2.75) is 32.2 Å². The lowest BCUT2D eigenvalue weighted by Crippen LogP contribution is -2.44. The van der Waals surface area contributed by atoms with Crippen LogP contribution in [0.4, 0.5) is 0 Å². The van der Waals surface area contributed by atoms with E-state index in [1.807, 2.05) is 44.2 Å². The molecule has 0 radical (unpaired) electrons. The molecule has 1 aromatic rings. The largest absolute Gasteiger partial charge is 0.351 e. The highest BCUT2D eigenvalue weighted by Gasteiger charge is 2.19. The summed E-state index contributed by atoms with van der Waals surface area (Å²) in [6.07, 6.45) is 1.20. The number of alkyl halides is 1. The zero-order valence-corrected chi connectivity index (χ0v) is 10.6. The van der Waals surface area contributed by atoms with Gasteiger partial charge in [-0.05, 0) is 25.8 Å². The van der Waals surface area contributed by atoms with Gasteiger partial charge in [0.2, 0.25) is 5.91 Å². The summed E-state index contributed by atoms with van der Waals surface area (Å²) in [5, 5.41) is 2.98. The highest BCUT2D eigenvalue weighted by atomic mass is 35.5. The van der Waals surface area contributed by atoms with E-state index in [4.69, 9.17) is 11.6 Å². The second kappa shape index (κ2) is 5.90. The summed E-state index contributed by atoms with van der Waals surface area (Å²) in [6, 6.07) is 9.72. The van der Waals surface area contributed by atoms with Crippen molar-refractivity contribution in [1.29, 1.82) is 0 Å². The van der Waals surface area contributed by atoms with Crippen LogP contribution in [0, 0.1) is 0 Å². The van der Waals surface area contributed by atoms with Gasteiger partial charge in [0.15, 0.2) is 0 Å². The van der Waals surface area contributed by atoms with Crippen molar-refractivity contribution < 1.29 is 4.79 Å². The van der Waals surface area contributed by atoms with Crippen LogP contribution >= 0.6 is 11.6 Å². The van der Waals surface area contributed by atoms with E-state index in [0.29, 0.717) is 12.3 Å². The number of nitrogens with one attached hydrogen (secondary N) is 1.